The number of pyridine rings is 1. The van der Waals surface area contributed by atoms with Gasteiger partial charge < -0.3 is 10.3 Å². The fraction of sp³-hybridized carbons (Fsp3) is 0.0714. The van der Waals surface area contributed by atoms with Crippen molar-refractivity contribution >= 4 is 54.3 Å². The molecule has 0 aliphatic rings. The molecule has 1 aromatic carbocycles. The average molecular weight is 382 g/mol. The Bertz CT molecular complexity index is 831. The number of rotatable bonds is 3. The van der Waals surface area contributed by atoms with Crippen molar-refractivity contribution in [3.05, 3.63) is 45.9 Å². The summed E-state index contributed by atoms with van der Waals surface area (Å²) in [6.07, 6.45) is 1.75. The predicted molar refractivity (Wildman–Crippen MR) is 89.8 cm³/mol. The summed E-state index contributed by atoms with van der Waals surface area (Å²) in [5.41, 5.74) is 8.67. The maximum atomic E-state index is 10.7. The quantitative estimate of drug-likeness (QED) is 0.701. The van der Waals surface area contributed by atoms with Gasteiger partial charge in [-0.05, 0) is 27.1 Å². The van der Waals surface area contributed by atoms with Crippen LogP contribution in [-0.4, -0.2) is 13.7 Å². The van der Waals surface area contributed by atoms with E-state index in [1.54, 1.807) is 17.5 Å². The van der Waals surface area contributed by atoms with Crippen LogP contribution in [0.15, 0.2) is 40.3 Å². The Hall–Kier alpha value is -1.28. The van der Waals surface area contributed by atoms with E-state index in [1.807, 2.05) is 29.6 Å². The van der Waals surface area contributed by atoms with Gasteiger partial charge >= 0.3 is 0 Å². The third-order valence-electron chi connectivity index (χ3n) is 3.13. The molecule has 0 spiro atoms. The second-order valence-corrected chi connectivity index (χ2v) is 7.12. The Balaban J connectivity index is 2.08. The van der Waals surface area contributed by atoms with E-state index in [9.17, 15) is 8.76 Å². The highest BCUT2D eigenvalue weighted by atomic mass is 79.9. The Labute approximate surface area is 136 Å². The summed E-state index contributed by atoms with van der Waals surface area (Å²) in [5.74, 6) is 0.528. The highest BCUT2D eigenvalue weighted by Gasteiger charge is 2.12. The molecule has 1 unspecified atom stereocenters. The van der Waals surface area contributed by atoms with Crippen molar-refractivity contribution in [1.29, 1.82) is 0 Å². The van der Waals surface area contributed by atoms with Crippen LogP contribution in [0.3, 0.4) is 0 Å². The Morgan fingerprint density at radius 1 is 1.33 bits per heavy atom. The molecule has 3 aromatic rings. The van der Waals surface area contributed by atoms with Crippen LogP contribution in [-0.2, 0) is 16.8 Å². The van der Waals surface area contributed by atoms with Gasteiger partial charge in [0.15, 0.2) is 0 Å². The van der Waals surface area contributed by atoms with Crippen LogP contribution in [0, 0.1) is 0 Å². The molecule has 3 rings (SSSR count). The molecule has 7 heteroatoms. The van der Waals surface area contributed by atoms with E-state index in [1.165, 1.54) is 0 Å². The summed E-state index contributed by atoms with van der Waals surface area (Å²) in [4.78, 5) is 4.24. The van der Waals surface area contributed by atoms with Crippen LogP contribution in [0.4, 0.5) is 5.82 Å². The Morgan fingerprint density at radius 3 is 2.71 bits per heavy atom. The molecule has 0 bridgehead atoms. The smallest absolute Gasteiger partial charge is 0.133 e. The topological polar surface area (TPSA) is 79.0 Å². The van der Waals surface area contributed by atoms with E-state index >= 15 is 0 Å². The number of anilines is 1. The van der Waals surface area contributed by atoms with Crippen LogP contribution in [0.5, 0.6) is 0 Å². The summed E-state index contributed by atoms with van der Waals surface area (Å²) in [6, 6.07) is 7.44. The number of benzene rings is 1. The van der Waals surface area contributed by atoms with Crippen LogP contribution in [0.25, 0.3) is 21.2 Å². The second-order valence-electron chi connectivity index (χ2n) is 4.49. The van der Waals surface area contributed by atoms with E-state index < -0.39 is 11.1 Å². The van der Waals surface area contributed by atoms with Gasteiger partial charge in [-0.15, -0.1) is 11.3 Å². The number of halogens is 1. The van der Waals surface area contributed by atoms with Gasteiger partial charge in [0.2, 0.25) is 0 Å². The lowest BCUT2D eigenvalue weighted by Crippen LogP contribution is -1.94. The van der Waals surface area contributed by atoms with Gasteiger partial charge in [0.05, 0.1) is 0 Å². The van der Waals surface area contributed by atoms with Crippen molar-refractivity contribution in [2.45, 2.75) is 5.75 Å². The third-order valence-corrected chi connectivity index (χ3v) is 5.64. The van der Waals surface area contributed by atoms with Crippen molar-refractivity contribution in [2.24, 2.45) is 0 Å². The Morgan fingerprint density at radius 2 is 2.05 bits per heavy atom. The zero-order valence-electron chi connectivity index (χ0n) is 10.7. The zero-order valence-corrected chi connectivity index (χ0v) is 13.9. The molecule has 2 aromatic heterocycles. The average Bonchev–Trinajstić information content (AvgIpc) is 2.83. The van der Waals surface area contributed by atoms with E-state index in [2.05, 4.69) is 20.9 Å². The molecule has 0 aliphatic carbocycles. The Kier molecular flexibility index (Phi) is 4.08. The maximum Gasteiger partial charge on any atom is 0.133 e. The first-order valence-electron chi connectivity index (χ1n) is 6.02. The van der Waals surface area contributed by atoms with Crippen LogP contribution < -0.4 is 5.73 Å². The number of thiophene rings is 1. The van der Waals surface area contributed by atoms with Gasteiger partial charge in [0.1, 0.15) is 5.82 Å². The first-order valence-corrected chi connectivity index (χ1v) is 8.94. The normalized spacial score (nSPS) is 12.7. The number of hydrogen-bond donors (Lipinski definition) is 1. The summed E-state index contributed by atoms with van der Waals surface area (Å²) in [6.45, 7) is 0. The monoisotopic (exact) mass is 381 g/mol. The summed E-state index contributed by atoms with van der Waals surface area (Å²) >= 11 is 3.01. The molecule has 0 amide bonds. The minimum atomic E-state index is -2.07. The van der Waals surface area contributed by atoms with Gasteiger partial charge in [-0.1, -0.05) is 35.3 Å². The fourth-order valence-electron chi connectivity index (χ4n) is 2.15. The summed E-state index contributed by atoms with van der Waals surface area (Å²) in [5, 5.41) is 2.91. The number of nitrogens with zero attached hydrogens (tertiary/aromatic N) is 1. The SMILES string of the molecule is Nc1ncc(-c2ccc(CS(=O)[O-])cc2)c2scc(Br)c12. The fourth-order valence-corrected chi connectivity index (χ4v) is 4.40. The molecule has 0 saturated carbocycles. The zero-order chi connectivity index (χ0) is 15.0. The molecule has 4 nitrogen and oxygen atoms in total. The van der Waals surface area contributed by atoms with Gasteiger partial charge in [-0.25, -0.2) is 4.98 Å². The standard InChI is InChI=1S/C14H11BrN2O2S2/c15-11-6-20-13-10(5-17-14(16)12(11)13)9-3-1-8(2-4-9)7-21(18)19/h1-6H,7H2,(H2,16,17)(H,18,19)/p-1. The van der Waals surface area contributed by atoms with Crippen LogP contribution in [0.1, 0.15) is 5.56 Å². The highest BCUT2D eigenvalue weighted by Crippen LogP contribution is 2.39. The number of nitrogen functional groups attached to an aromatic ring is 1. The second kappa shape index (κ2) is 5.84. The van der Waals surface area contributed by atoms with Crippen molar-refractivity contribution in [3.8, 4) is 11.1 Å². The molecule has 2 heterocycles. The minimum Gasteiger partial charge on any atom is -0.772 e. The van der Waals surface area contributed by atoms with Crippen molar-refractivity contribution < 1.29 is 8.76 Å². The summed E-state index contributed by atoms with van der Waals surface area (Å²) in [7, 11) is 0. The van der Waals surface area contributed by atoms with Crippen molar-refractivity contribution in [2.75, 3.05) is 5.73 Å². The lowest BCUT2D eigenvalue weighted by molar-refractivity contribution is 0.536. The van der Waals surface area contributed by atoms with Gasteiger partial charge in [-0.3, -0.25) is 4.21 Å². The molecule has 0 radical (unpaired) electrons. The van der Waals surface area contributed by atoms with Gasteiger partial charge in [-0.2, -0.15) is 0 Å². The minimum absolute atomic E-state index is 0.0280. The van der Waals surface area contributed by atoms with E-state index in [-0.39, 0.29) is 5.75 Å². The van der Waals surface area contributed by atoms with Crippen LogP contribution in [0.2, 0.25) is 0 Å². The summed E-state index contributed by atoms with van der Waals surface area (Å²) < 4.78 is 23.4. The highest BCUT2D eigenvalue weighted by molar-refractivity contribution is 9.10. The number of fused-ring (bicyclic) bond motifs is 1. The predicted octanol–water partition coefficient (Wildman–Crippen LogP) is 3.69. The van der Waals surface area contributed by atoms with E-state index in [0.717, 1.165) is 31.2 Å². The molecule has 2 N–H and O–H groups in total. The van der Waals surface area contributed by atoms with Crippen molar-refractivity contribution in [1.82, 2.24) is 4.98 Å². The van der Waals surface area contributed by atoms with Gasteiger partial charge in [0, 0.05) is 37.5 Å². The number of hydrogen-bond acceptors (Lipinski definition) is 5. The molecule has 0 fully saturated rings. The third kappa shape index (κ3) is 2.87. The lowest BCUT2D eigenvalue weighted by atomic mass is 10.0. The van der Waals surface area contributed by atoms with E-state index in [4.69, 9.17) is 5.73 Å². The molecule has 1 atom stereocenters. The number of nitrogens with two attached hydrogens (primary N) is 1. The molecule has 0 aliphatic heterocycles. The largest absolute Gasteiger partial charge is 0.772 e. The van der Waals surface area contributed by atoms with Crippen molar-refractivity contribution in [3.63, 3.8) is 0 Å². The lowest BCUT2D eigenvalue weighted by Gasteiger charge is -2.08. The maximum absolute atomic E-state index is 10.7. The molecule has 0 saturated heterocycles. The molecular weight excluding hydrogens is 372 g/mol. The molecular formula is C14H10BrN2O2S2-. The first kappa shape index (κ1) is 14.6. The van der Waals surface area contributed by atoms with Gasteiger partial charge in [0.25, 0.3) is 0 Å². The number of aromatic nitrogens is 1. The van der Waals surface area contributed by atoms with Crippen LogP contribution >= 0.6 is 27.3 Å². The first-order chi connectivity index (χ1) is 10.1. The molecule has 21 heavy (non-hydrogen) atoms. The molecule has 108 valence electrons. The van der Waals surface area contributed by atoms with E-state index in [0.29, 0.717) is 5.82 Å².